The van der Waals surface area contributed by atoms with Crippen LogP contribution >= 0.6 is 0 Å². The van der Waals surface area contributed by atoms with Crippen molar-refractivity contribution in [2.24, 2.45) is 0 Å². The fourth-order valence-electron chi connectivity index (χ4n) is 2.24. The Morgan fingerprint density at radius 3 is 2.58 bits per heavy atom. The van der Waals surface area contributed by atoms with Gasteiger partial charge in [0, 0.05) is 17.7 Å². The second-order valence-corrected chi connectivity index (χ2v) is 4.99. The van der Waals surface area contributed by atoms with Gasteiger partial charge in [-0.05, 0) is 24.3 Å². The fourth-order valence-corrected chi connectivity index (χ4v) is 2.24. The molecule has 0 aromatic heterocycles. The monoisotopic (exact) mass is 328 g/mol. The van der Waals surface area contributed by atoms with Crippen LogP contribution in [0.5, 0.6) is 11.5 Å². The third-order valence-corrected chi connectivity index (χ3v) is 3.39. The molecule has 2 aromatic rings. The number of carbonyl (C=O) groups excluding carboxylic acids is 2. The third-order valence-electron chi connectivity index (χ3n) is 3.39. The van der Waals surface area contributed by atoms with E-state index in [4.69, 9.17) is 9.47 Å². The number of nitro benzene ring substituents is 1. The topological polar surface area (TPSA) is 108 Å². The van der Waals surface area contributed by atoms with Crippen LogP contribution in [0.15, 0.2) is 42.5 Å². The van der Waals surface area contributed by atoms with Crippen LogP contribution < -0.4 is 14.8 Å². The van der Waals surface area contributed by atoms with E-state index in [1.54, 1.807) is 18.2 Å². The zero-order valence-corrected chi connectivity index (χ0v) is 12.4. The molecule has 0 unspecified atom stereocenters. The van der Waals surface area contributed by atoms with Gasteiger partial charge >= 0.3 is 0 Å². The quantitative estimate of drug-likeness (QED) is 0.391. The van der Waals surface area contributed by atoms with Gasteiger partial charge in [0.25, 0.3) is 5.69 Å². The molecule has 1 aliphatic heterocycles. The van der Waals surface area contributed by atoms with E-state index >= 15 is 0 Å². The number of benzene rings is 2. The van der Waals surface area contributed by atoms with Crippen LogP contribution in [0.2, 0.25) is 0 Å². The lowest BCUT2D eigenvalue weighted by Crippen LogP contribution is -2.17. The maximum Gasteiger partial charge on any atom is 0.269 e. The molecule has 1 N–H and O–H groups in total. The number of ether oxygens (including phenoxy) is 2. The van der Waals surface area contributed by atoms with Crippen molar-refractivity contribution in [1.29, 1.82) is 0 Å². The number of amides is 1. The molecule has 24 heavy (non-hydrogen) atoms. The first-order chi connectivity index (χ1) is 11.5. The Bertz CT molecular complexity index is 816. The molecular formula is C16H12N2O6. The molecule has 0 bridgehead atoms. The second-order valence-electron chi connectivity index (χ2n) is 4.99. The summed E-state index contributed by atoms with van der Waals surface area (Å²) in [6, 6.07) is 10.1. The molecule has 0 radical (unpaired) electrons. The van der Waals surface area contributed by atoms with Gasteiger partial charge in [-0.25, -0.2) is 0 Å². The first-order valence-electron chi connectivity index (χ1n) is 7.01. The number of hydrogen-bond acceptors (Lipinski definition) is 6. The molecule has 1 aliphatic rings. The van der Waals surface area contributed by atoms with E-state index in [0.717, 1.165) is 0 Å². The summed E-state index contributed by atoms with van der Waals surface area (Å²) in [6.45, 7) is 0.0734. The number of fused-ring (bicyclic) bond motifs is 1. The fraction of sp³-hybridized carbons (Fsp3) is 0.125. The summed E-state index contributed by atoms with van der Waals surface area (Å²) in [6.07, 6.45) is -0.387. The molecule has 0 saturated heterocycles. The van der Waals surface area contributed by atoms with Gasteiger partial charge in [-0.15, -0.1) is 0 Å². The second kappa shape index (κ2) is 6.37. The van der Waals surface area contributed by atoms with Gasteiger partial charge in [0.15, 0.2) is 17.3 Å². The maximum atomic E-state index is 12.1. The van der Waals surface area contributed by atoms with Gasteiger partial charge in [-0.1, -0.05) is 6.07 Å². The van der Waals surface area contributed by atoms with Gasteiger partial charge in [-0.3, -0.25) is 19.7 Å². The van der Waals surface area contributed by atoms with Crippen molar-refractivity contribution in [2.45, 2.75) is 6.42 Å². The Morgan fingerprint density at radius 1 is 1.12 bits per heavy atom. The summed E-state index contributed by atoms with van der Waals surface area (Å²) in [5.74, 6) is -0.00229. The van der Waals surface area contributed by atoms with Crippen molar-refractivity contribution in [3.63, 3.8) is 0 Å². The highest BCUT2D eigenvalue weighted by Crippen LogP contribution is 2.38. The highest BCUT2D eigenvalue weighted by Gasteiger charge is 2.20. The number of ketones is 1. The first-order valence-corrected chi connectivity index (χ1v) is 7.01. The van der Waals surface area contributed by atoms with Crippen molar-refractivity contribution in [1.82, 2.24) is 0 Å². The molecule has 0 saturated carbocycles. The zero-order chi connectivity index (χ0) is 17.1. The van der Waals surface area contributed by atoms with E-state index in [1.807, 2.05) is 0 Å². The molecule has 0 spiro atoms. The minimum atomic E-state index is -0.557. The first kappa shape index (κ1) is 15.5. The van der Waals surface area contributed by atoms with Crippen LogP contribution in [0.3, 0.4) is 0 Å². The van der Waals surface area contributed by atoms with Crippen LogP contribution in [0, 0.1) is 10.1 Å². The third kappa shape index (κ3) is 3.17. The number of para-hydroxylation sites is 1. The van der Waals surface area contributed by atoms with E-state index in [0.29, 0.717) is 17.2 Å². The van der Waals surface area contributed by atoms with E-state index in [2.05, 4.69) is 5.32 Å². The van der Waals surface area contributed by atoms with E-state index in [1.165, 1.54) is 24.3 Å². The molecule has 1 amide bonds. The highest BCUT2D eigenvalue weighted by molar-refractivity contribution is 6.11. The average molecular weight is 328 g/mol. The number of non-ortho nitro benzene ring substituents is 1. The molecule has 0 atom stereocenters. The Kier molecular flexibility index (Phi) is 4.11. The van der Waals surface area contributed by atoms with Gasteiger partial charge in [-0.2, -0.15) is 0 Å². The standard InChI is InChI=1S/C16H12N2O6/c19-13(10-4-6-11(7-5-10)18(21)22)8-15(20)17-12-2-1-3-14-16(12)24-9-23-14/h1-7H,8-9H2,(H,17,20). The molecule has 3 rings (SSSR count). The van der Waals surface area contributed by atoms with Crippen LogP contribution in [0.1, 0.15) is 16.8 Å². The van der Waals surface area contributed by atoms with E-state index in [-0.39, 0.29) is 24.5 Å². The molecular weight excluding hydrogens is 316 g/mol. The zero-order valence-electron chi connectivity index (χ0n) is 12.4. The van der Waals surface area contributed by atoms with Gasteiger partial charge in [0.05, 0.1) is 17.0 Å². The minimum Gasteiger partial charge on any atom is -0.454 e. The largest absolute Gasteiger partial charge is 0.454 e. The van der Waals surface area contributed by atoms with Crippen molar-refractivity contribution in [3.8, 4) is 11.5 Å². The van der Waals surface area contributed by atoms with Crippen LogP contribution in [0.25, 0.3) is 0 Å². The smallest absolute Gasteiger partial charge is 0.269 e. The number of nitro groups is 1. The SMILES string of the molecule is O=C(CC(=O)c1ccc([N+](=O)[O-])cc1)Nc1cccc2c1OCO2. The number of nitrogens with zero attached hydrogens (tertiary/aromatic N) is 1. The number of Topliss-reactive ketones (excluding diaryl/α,β-unsaturated/α-hetero) is 1. The predicted molar refractivity (Wildman–Crippen MR) is 83.2 cm³/mol. The predicted octanol–water partition coefficient (Wildman–Crippen LogP) is 2.54. The Labute approximate surface area is 136 Å². The van der Waals surface area contributed by atoms with Gasteiger partial charge < -0.3 is 14.8 Å². The lowest BCUT2D eigenvalue weighted by atomic mass is 10.1. The Hall–Kier alpha value is -3.42. The summed E-state index contributed by atoms with van der Waals surface area (Å²) >= 11 is 0. The number of nitrogens with one attached hydrogen (secondary N) is 1. The van der Waals surface area contributed by atoms with E-state index < -0.39 is 16.6 Å². The summed E-state index contributed by atoms with van der Waals surface area (Å²) in [5, 5.41) is 13.2. The molecule has 122 valence electrons. The Morgan fingerprint density at radius 2 is 1.88 bits per heavy atom. The minimum absolute atomic E-state index is 0.0734. The molecule has 1 heterocycles. The number of carbonyl (C=O) groups is 2. The van der Waals surface area contributed by atoms with Gasteiger partial charge in [0.1, 0.15) is 0 Å². The summed E-state index contributed by atoms with van der Waals surface area (Å²) in [7, 11) is 0. The number of anilines is 1. The lowest BCUT2D eigenvalue weighted by Gasteiger charge is -2.07. The summed E-state index contributed by atoms with van der Waals surface area (Å²) < 4.78 is 10.5. The number of hydrogen-bond donors (Lipinski definition) is 1. The van der Waals surface area contributed by atoms with E-state index in [9.17, 15) is 19.7 Å². The molecule has 0 fully saturated rings. The average Bonchev–Trinajstić information content (AvgIpc) is 3.04. The lowest BCUT2D eigenvalue weighted by molar-refractivity contribution is -0.384. The van der Waals surface area contributed by atoms with Crippen LogP contribution in [-0.4, -0.2) is 23.4 Å². The van der Waals surface area contributed by atoms with Crippen molar-refractivity contribution >= 4 is 23.1 Å². The van der Waals surface area contributed by atoms with Crippen molar-refractivity contribution < 1.29 is 24.0 Å². The molecule has 2 aromatic carbocycles. The summed E-state index contributed by atoms with van der Waals surface area (Å²) in [4.78, 5) is 34.1. The highest BCUT2D eigenvalue weighted by atomic mass is 16.7. The molecule has 0 aliphatic carbocycles. The maximum absolute atomic E-state index is 12.1. The summed E-state index contributed by atoms with van der Waals surface area (Å²) in [5.41, 5.74) is 0.535. The van der Waals surface area contributed by atoms with Crippen LogP contribution in [-0.2, 0) is 4.79 Å². The molecule has 8 heteroatoms. The van der Waals surface area contributed by atoms with Crippen LogP contribution in [0.4, 0.5) is 11.4 Å². The van der Waals surface area contributed by atoms with Crippen molar-refractivity contribution in [2.75, 3.05) is 12.1 Å². The Balaban J connectivity index is 1.65. The molecule has 8 nitrogen and oxygen atoms in total. The number of rotatable bonds is 5. The van der Waals surface area contributed by atoms with Crippen molar-refractivity contribution in [3.05, 3.63) is 58.1 Å². The normalized spacial score (nSPS) is 11.8. The van der Waals surface area contributed by atoms with Gasteiger partial charge in [0.2, 0.25) is 12.7 Å².